The van der Waals surface area contributed by atoms with E-state index in [2.05, 4.69) is 17.0 Å². The van der Waals surface area contributed by atoms with Crippen LogP contribution in [0.25, 0.3) is 0 Å². The zero-order valence-corrected chi connectivity index (χ0v) is 13.0. The highest BCUT2D eigenvalue weighted by molar-refractivity contribution is 7.92. The van der Waals surface area contributed by atoms with Gasteiger partial charge in [0.15, 0.2) is 0 Å². The Bertz CT molecular complexity index is 543. The van der Waals surface area contributed by atoms with Gasteiger partial charge in [-0.25, -0.2) is 8.42 Å². The number of benzene rings is 1. The SMILES string of the molecule is CC1CCCC(CNc2cccc(NS(C)(=O)=O)c2)C1. The van der Waals surface area contributed by atoms with E-state index in [1.54, 1.807) is 6.07 Å². The second-order valence-electron chi connectivity index (χ2n) is 5.97. The van der Waals surface area contributed by atoms with Crippen molar-refractivity contribution >= 4 is 21.4 Å². The standard InChI is InChI=1S/C15H24N2O2S/c1-12-5-3-6-13(9-12)11-16-14-7-4-8-15(10-14)17-20(2,18)19/h4,7-8,10,12-13,16-17H,3,5-6,9,11H2,1-2H3. The highest BCUT2D eigenvalue weighted by Gasteiger charge is 2.18. The van der Waals surface area contributed by atoms with Gasteiger partial charge in [-0.1, -0.05) is 25.8 Å². The smallest absolute Gasteiger partial charge is 0.229 e. The predicted molar refractivity (Wildman–Crippen MR) is 84.5 cm³/mol. The summed E-state index contributed by atoms with van der Waals surface area (Å²) in [6, 6.07) is 7.43. The number of sulfonamides is 1. The molecule has 5 heteroatoms. The lowest BCUT2D eigenvalue weighted by Gasteiger charge is -2.27. The zero-order chi connectivity index (χ0) is 14.6. The Kier molecular flexibility index (Phi) is 4.91. The minimum atomic E-state index is -3.21. The Labute approximate surface area is 122 Å². The summed E-state index contributed by atoms with van der Waals surface area (Å²) in [5.41, 5.74) is 1.58. The molecule has 0 aromatic heterocycles. The van der Waals surface area contributed by atoms with Crippen LogP contribution in [-0.2, 0) is 10.0 Å². The van der Waals surface area contributed by atoms with Gasteiger partial charge in [0, 0.05) is 12.2 Å². The Morgan fingerprint density at radius 1 is 1.25 bits per heavy atom. The maximum Gasteiger partial charge on any atom is 0.229 e. The van der Waals surface area contributed by atoms with Crippen LogP contribution in [0.2, 0.25) is 0 Å². The summed E-state index contributed by atoms with van der Waals surface area (Å²) < 4.78 is 24.9. The molecular weight excluding hydrogens is 272 g/mol. The molecule has 1 aromatic rings. The van der Waals surface area contributed by atoms with Crippen molar-refractivity contribution < 1.29 is 8.42 Å². The molecule has 1 aliphatic rings. The molecule has 2 atom stereocenters. The van der Waals surface area contributed by atoms with E-state index in [4.69, 9.17) is 0 Å². The topological polar surface area (TPSA) is 58.2 Å². The predicted octanol–water partition coefficient (Wildman–Crippen LogP) is 3.30. The Morgan fingerprint density at radius 3 is 2.70 bits per heavy atom. The summed E-state index contributed by atoms with van der Waals surface area (Å²) >= 11 is 0. The molecule has 0 radical (unpaired) electrons. The van der Waals surface area contributed by atoms with Crippen LogP contribution in [0.4, 0.5) is 11.4 Å². The maximum absolute atomic E-state index is 11.2. The molecule has 4 nitrogen and oxygen atoms in total. The minimum absolute atomic E-state index is 0.606. The van der Waals surface area contributed by atoms with E-state index < -0.39 is 10.0 Å². The lowest BCUT2D eigenvalue weighted by atomic mass is 9.82. The van der Waals surface area contributed by atoms with Crippen LogP contribution in [0.1, 0.15) is 32.6 Å². The van der Waals surface area contributed by atoms with Crippen molar-refractivity contribution in [3.05, 3.63) is 24.3 Å². The quantitative estimate of drug-likeness (QED) is 0.876. The van der Waals surface area contributed by atoms with Crippen molar-refractivity contribution in [2.75, 3.05) is 22.8 Å². The molecule has 1 saturated carbocycles. The molecule has 2 N–H and O–H groups in total. The number of hydrogen-bond acceptors (Lipinski definition) is 3. The third-order valence-corrected chi connectivity index (χ3v) is 4.41. The van der Waals surface area contributed by atoms with Crippen molar-refractivity contribution in [3.8, 4) is 0 Å². The van der Waals surface area contributed by atoms with Crippen LogP contribution in [-0.4, -0.2) is 21.2 Å². The van der Waals surface area contributed by atoms with Crippen LogP contribution < -0.4 is 10.0 Å². The van der Waals surface area contributed by atoms with E-state index in [1.807, 2.05) is 18.2 Å². The van der Waals surface area contributed by atoms with Gasteiger partial charge in [0.1, 0.15) is 0 Å². The summed E-state index contributed by atoms with van der Waals surface area (Å²) in [6.45, 7) is 3.29. The van der Waals surface area contributed by atoms with Crippen molar-refractivity contribution in [1.29, 1.82) is 0 Å². The molecule has 112 valence electrons. The van der Waals surface area contributed by atoms with Gasteiger partial charge < -0.3 is 5.32 Å². The fourth-order valence-corrected chi connectivity index (χ4v) is 3.47. The van der Waals surface area contributed by atoms with Crippen molar-refractivity contribution in [1.82, 2.24) is 0 Å². The summed E-state index contributed by atoms with van der Waals surface area (Å²) in [4.78, 5) is 0. The van der Waals surface area contributed by atoms with E-state index >= 15 is 0 Å². The van der Waals surface area contributed by atoms with Crippen LogP contribution >= 0.6 is 0 Å². The molecule has 0 heterocycles. The van der Waals surface area contributed by atoms with Crippen molar-refractivity contribution in [3.63, 3.8) is 0 Å². The molecular formula is C15H24N2O2S. The fraction of sp³-hybridized carbons (Fsp3) is 0.600. The third kappa shape index (κ3) is 5.04. The van der Waals surface area contributed by atoms with E-state index in [-0.39, 0.29) is 0 Å². The van der Waals surface area contributed by atoms with Crippen LogP contribution in [0.15, 0.2) is 24.3 Å². The Balaban J connectivity index is 1.91. The molecule has 1 aromatic carbocycles. The van der Waals surface area contributed by atoms with Gasteiger partial charge in [-0.05, 0) is 42.9 Å². The lowest BCUT2D eigenvalue weighted by Crippen LogP contribution is -2.21. The van der Waals surface area contributed by atoms with Crippen molar-refractivity contribution in [2.24, 2.45) is 11.8 Å². The van der Waals surface area contributed by atoms with Crippen molar-refractivity contribution in [2.45, 2.75) is 32.6 Å². The average Bonchev–Trinajstić information content (AvgIpc) is 2.35. The van der Waals surface area contributed by atoms with Gasteiger partial charge in [-0.2, -0.15) is 0 Å². The van der Waals surface area contributed by atoms with Crippen LogP contribution in [0.3, 0.4) is 0 Å². The first-order valence-corrected chi connectivity index (χ1v) is 9.13. The molecule has 0 amide bonds. The minimum Gasteiger partial charge on any atom is -0.385 e. The summed E-state index contributed by atoms with van der Waals surface area (Å²) in [5, 5.41) is 3.43. The summed E-state index contributed by atoms with van der Waals surface area (Å²) in [7, 11) is -3.21. The van der Waals surface area contributed by atoms with Gasteiger partial charge in [0.25, 0.3) is 0 Å². The first kappa shape index (κ1) is 15.2. The molecule has 2 unspecified atom stereocenters. The molecule has 1 fully saturated rings. The van der Waals surface area contributed by atoms with E-state index in [0.717, 1.165) is 30.3 Å². The molecule has 0 saturated heterocycles. The Hall–Kier alpha value is -1.23. The lowest BCUT2D eigenvalue weighted by molar-refractivity contribution is 0.293. The average molecular weight is 296 g/mol. The number of rotatable bonds is 5. The third-order valence-electron chi connectivity index (χ3n) is 3.81. The second-order valence-corrected chi connectivity index (χ2v) is 7.72. The van der Waals surface area contributed by atoms with Gasteiger partial charge >= 0.3 is 0 Å². The largest absolute Gasteiger partial charge is 0.385 e. The molecule has 0 spiro atoms. The van der Waals surface area contributed by atoms with E-state index in [0.29, 0.717) is 5.69 Å². The Morgan fingerprint density at radius 2 is 2.00 bits per heavy atom. The second kappa shape index (κ2) is 6.48. The number of anilines is 2. The first-order chi connectivity index (χ1) is 9.42. The van der Waals surface area contributed by atoms with Gasteiger partial charge in [0.2, 0.25) is 10.0 Å². The fourth-order valence-electron chi connectivity index (χ4n) is 2.91. The van der Waals surface area contributed by atoms with Gasteiger partial charge in [-0.15, -0.1) is 0 Å². The number of nitrogens with one attached hydrogen (secondary N) is 2. The molecule has 0 bridgehead atoms. The van der Waals surface area contributed by atoms with E-state index in [9.17, 15) is 8.42 Å². The zero-order valence-electron chi connectivity index (χ0n) is 12.2. The highest BCUT2D eigenvalue weighted by atomic mass is 32.2. The molecule has 0 aliphatic heterocycles. The van der Waals surface area contributed by atoms with Crippen LogP contribution in [0.5, 0.6) is 0 Å². The van der Waals surface area contributed by atoms with Gasteiger partial charge in [-0.3, -0.25) is 4.72 Å². The monoisotopic (exact) mass is 296 g/mol. The van der Waals surface area contributed by atoms with Gasteiger partial charge in [0.05, 0.1) is 11.9 Å². The number of hydrogen-bond donors (Lipinski definition) is 2. The summed E-state index contributed by atoms with van der Waals surface area (Å²) in [6.07, 6.45) is 6.41. The maximum atomic E-state index is 11.2. The molecule has 2 rings (SSSR count). The molecule has 20 heavy (non-hydrogen) atoms. The molecule has 1 aliphatic carbocycles. The first-order valence-electron chi connectivity index (χ1n) is 7.24. The highest BCUT2D eigenvalue weighted by Crippen LogP contribution is 2.28. The normalized spacial score (nSPS) is 23.3. The van der Waals surface area contributed by atoms with E-state index in [1.165, 1.54) is 25.7 Å². The summed E-state index contributed by atoms with van der Waals surface area (Å²) in [5.74, 6) is 1.55. The van der Waals surface area contributed by atoms with Crippen LogP contribution in [0, 0.1) is 11.8 Å².